The summed E-state index contributed by atoms with van der Waals surface area (Å²) in [6.07, 6.45) is -2.12. The maximum absolute atomic E-state index is 8.94. The topological polar surface area (TPSA) is 21.4 Å². The molecule has 0 saturated heterocycles. The summed E-state index contributed by atoms with van der Waals surface area (Å²) in [5.74, 6) is -0.481. The fourth-order valence-corrected chi connectivity index (χ4v) is 3.31. The van der Waals surface area contributed by atoms with E-state index in [2.05, 4.69) is 4.85 Å². The number of hydrogen-bond acceptors (Lipinski definition) is 1. The van der Waals surface area contributed by atoms with Crippen molar-refractivity contribution in [3.8, 4) is 11.3 Å². The smallest absolute Gasteiger partial charge is 0.216 e. The lowest BCUT2D eigenvalue weighted by atomic mass is 9.97. The number of furan rings is 1. The van der Waals surface area contributed by atoms with Gasteiger partial charge in [0.05, 0.1) is 14.9 Å². The zero-order valence-electron chi connectivity index (χ0n) is 20.8. The van der Waals surface area contributed by atoms with Crippen LogP contribution in [0.2, 0.25) is 0 Å². The van der Waals surface area contributed by atoms with Crippen molar-refractivity contribution in [3.63, 3.8) is 0 Å². The molecule has 3 nitrogen and oxygen atoms in total. The Balaban J connectivity index is 2.17. The molecular weight excluding hydrogens is 332 g/mol. The largest absolute Gasteiger partial charge is 0.456 e. The van der Waals surface area contributed by atoms with E-state index < -0.39 is 12.3 Å². The second kappa shape index (κ2) is 6.55. The van der Waals surface area contributed by atoms with Crippen LogP contribution in [0.3, 0.4) is 0 Å². The minimum Gasteiger partial charge on any atom is -0.456 e. The molecule has 4 rings (SSSR count). The predicted octanol–water partition coefficient (Wildman–Crippen LogP) is 6.14. The van der Waals surface area contributed by atoms with Crippen LogP contribution < -0.4 is 4.57 Å². The van der Waals surface area contributed by atoms with Gasteiger partial charge in [0.15, 0.2) is 11.9 Å². The second-order valence-corrected chi connectivity index (χ2v) is 6.97. The van der Waals surface area contributed by atoms with Gasteiger partial charge >= 0.3 is 0 Å². The molecule has 0 bridgehead atoms. The highest BCUT2D eigenvalue weighted by atomic mass is 16.3. The summed E-state index contributed by atoms with van der Waals surface area (Å²) in [5.41, 5.74) is 3.16. The van der Waals surface area contributed by atoms with Crippen LogP contribution >= 0.6 is 0 Å². The lowest BCUT2D eigenvalue weighted by molar-refractivity contribution is -0.660. The van der Waals surface area contributed by atoms with Crippen LogP contribution in [-0.4, -0.2) is 0 Å². The van der Waals surface area contributed by atoms with Gasteiger partial charge in [-0.05, 0) is 36.4 Å². The maximum Gasteiger partial charge on any atom is 0.216 e. The number of pyridine rings is 1. The second-order valence-electron chi connectivity index (χ2n) is 6.97. The Labute approximate surface area is 166 Å². The minimum absolute atomic E-state index is 0.0894. The van der Waals surface area contributed by atoms with Gasteiger partial charge in [0.25, 0.3) is 0 Å². The van der Waals surface area contributed by atoms with Crippen LogP contribution in [-0.2, 0) is 13.4 Å². The van der Waals surface area contributed by atoms with Gasteiger partial charge in [0.1, 0.15) is 19.6 Å². The minimum atomic E-state index is -1.95. The molecule has 27 heavy (non-hydrogen) atoms. The third-order valence-electron chi connectivity index (χ3n) is 4.56. The van der Waals surface area contributed by atoms with E-state index in [0.717, 1.165) is 16.3 Å². The van der Waals surface area contributed by atoms with Gasteiger partial charge in [-0.1, -0.05) is 38.1 Å². The van der Waals surface area contributed by atoms with Crippen molar-refractivity contribution in [1.29, 1.82) is 0 Å². The highest BCUT2D eigenvalue weighted by Gasteiger charge is 2.21. The van der Waals surface area contributed by atoms with E-state index in [4.69, 9.17) is 17.8 Å². The number of aryl methyl sites for hydroxylation is 1. The van der Waals surface area contributed by atoms with Gasteiger partial charge in [-0.3, -0.25) is 0 Å². The molecule has 0 spiro atoms. The molecule has 134 valence electrons. The van der Waals surface area contributed by atoms with Crippen molar-refractivity contribution in [3.05, 3.63) is 71.1 Å². The molecule has 2 aromatic heterocycles. The van der Waals surface area contributed by atoms with Crippen LogP contribution in [0.4, 0.5) is 5.69 Å². The molecule has 3 heteroatoms. The van der Waals surface area contributed by atoms with Crippen LogP contribution in [0.15, 0.2) is 53.0 Å². The van der Waals surface area contributed by atoms with Gasteiger partial charge in [0, 0.05) is 25.6 Å². The lowest BCUT2D eigenvalue weighted by Crippen LogP contribution is -2.31. The average Bonchev–Trinajstić information content (AvgIpc) is 3.11. The van der Waals surface area contributed by atoms with Crippen LogP contribution in [0, 0.1) is 19.4 Å². The quantitative estimate of drug-likeness (QED) is 0.318. The molecule has 0 aliphatic carbocycles. The summed E-state index contributed by atoms with van der Waals surface area (Å²) in [4.78, 5) is 3.46. The maximum atomic E-state index is 8.94. The van der Waals surface area contributed by atoms with Crippen molar-refractivity contribution < 1.29 is 15.8 Å². The number of rotatable bonds is 3. The first-order valence-corrected chi connectivity index (χ1v) is 8.84. The van der Waals surface area contributed by atoms with E-state index in [9.17, 15) is 0 Å². The van der Waals surface area contributed by atoms with E-state index >= 15 is 0 Å². The zero-order valence-corrected chi connectivity index (χ0v) is 15.8. The van der Waals surface area contributed by atoms with E-state index in [1.165, 1.54) is 4.57 Å². The van der Waals surface area contributed by atoms with E-state index in [0.29, 0.717) is 28.1 Å². The van der Waals surface area contributed by atoms with Crippen molar-refractivity contribution in [2.45, 2.75) is 27.1 Å². The van der Waals surface area contributed by atoms with E-state index in [1.807, 2.05) is 25.1 Å². The molecular formula is C24H23N2O+. The molecule has 0 radical (unpaired) electrons. The zero-order chi connectivity index (χ0) is 23.5. The molecule has 0 saturated carbocycles. The Morgan fingerprint density at radius 3 is 2.78 bits per heavy atom. The van der Waals surface area contributed by atoms with Crippen molar-refractivity contribution in [2.75, 3.05) is 0 Å². The van der Waals surface area contributed by atoms with Gasteiger partial charge in [0.2, 0.25) is 5.69 Å². The SMILES string of the molecule is [2H]c1c(C([2H])([2H])C(C)C)c([2H])c(-c2c(C)ccc3c2oc2cc([N+]#[C-])ccc23)[n+](C)c1[2H]. The molecule has 0 N–H and O–H groups in total. The Hall–Kier alpha value is -3.12. The molecule has 0 aliphatic heterocycles. The lowest BCUT2D eigenvalue weighted by Gasteiger charge is -2.09. The highest BCUT2D eigenvalue weighted by Crippen LogP contribution is 2.38. The van der Waals surface area contributed by atoms with Gasteiger partial charge in [-0.15, -0.1) is 0 Å². The third kappa shape index (κ3) is 2.98. The Morgan fingerprint density at radius 1 is 1.26 bits per heavy atom. The molecule has 4 aromatic rings. The average molecular weight is 360 g/mol. The van der Waals surface area contributed by atoms with Crippen molar-refractivity contribution in [2.24, 2.45) is 13.0 Å². The number of benzene rings is 2. The van der Waals surface area contributed by atoms with E-state index in [-0.39, 0.29) is 23.8 Å². The Kier molecular flexibility index (Phi) is 2.99. The van der Waals surface area contributed by atoms with E-state index in [1.54, 1.807) is 33.0 Å². The number of aromatic nitrogens is 1. The number of nitrogens with zero attached hydrogens (tertiary/aromatic N) is 2. The van der Waals surface area contributed by atoms with Crippen molar-refractivity contribution in [1.82, 2.24) is 0 Å². The summed E-state index contributed by atoms with van der Waals surface area (Å²) in [6, 6.07) is 8.67. The van der Waals surface area contributed by atoms with Gasteiger partial charge < -0.3 is 4.42 Å². The molecule has 0 fully saturated rings. The predicted molar refractivity (Wildman–Crippen MR) is 110 cm³/mol. The molecule has 0 atom stereocenters. The third-order valence-corrected chi connectivity index (χ3v) is 4.56. The van der Waals surface area contributed by atoms with Gasteiger partial charge in [-0.2, -0.15) is 0 Å². The molecule has 2 heterocycles. The first kappa shape index (κ1) is 12.3. The van der Waals surface area contributed by atoms with Crippen LogP contribution in [0.25, 0.3) is 38.0 Å². The van der Waals surface area contributed by atoms with Crippen molar-refractivity contribution >= 4 is 27.6 Å². The monoisotopic (exact) mass is 360 g/mol. The molecule has 0 unspecified atom stereocenters. The number of fused-ring (bicyclic) bond motifs is 3. The molecule has 0 amide bonds. The molecule has 2 aromatic carbocycles. The summed E-state index contributed by atoms with van der Waals surface area (Å²) < 4.78 is 50.6. The molecule has 0 aliphatic rings. The van der Waals surface area contributed by atoms with Crippen LogP contribution in [0.5, 0.6) is 0 Å². The standard InChI is InChI=1S/C24H23N2O/c1-15(2)12-17-10-11-26(5)21(13-17)23-16(3)6-8-20-19-9-7-18(25-4)14-22(19)27-24(20)23/h6-11,13-15H,12H2,1-3,5H3/q+1/i10D,11D,12D2,13D. The summed E-state index contributed by atoms with van der Waals surface area (Å²) in [6.45, 7) is 12.5. The Bertz CT molecular complexity index is 1450. The van der Waals surface area contributed by atoms with Crippen LogP contribution in [0.1, 0.15) is 31.8 Å². The summed E-state index contributed by atoms with van der Waals surface area (Å²) in [7, 11) is 1.61. The normalized spacial score (nSPS) is 14.6. The Morgan fingerprint density at radius 2 is 2.04 bits per heavy atom. The number of hydrogen-bond donors (Lipinski definition) is 0. The fraction of sp³-hybridized carbons (Fsp3) is 0.250. The first-order chi connectivity index (χ1) is 15.0. The first-order valence-electron chi connectivity index (χ1n) is 11.3. The van der Waals surface area contributed by atoms with Gasteiger partial charge in [-0.25, -0.2) is 9.41 Å². The summed E-state index contributed by atoms with van der Waals surface area (Å²) >= 11 is 0. The fourth-order valence-electron chi connectivity index (χ4n) is 3.31. The summed E-state index contributed by atoms with van der Waals surface area (Å²) in [5, 5.41) is 1.65. The highest BCUT2D eigenvalue weighted by molar-refractivity contribution is 6.10.